The number of rotatable bonds is 6. The first-order valence-electron chi connectivity index (χ1n) is 12.4. The Kier molecular flexibility index (Phi) is 8.01. The number of halogens is 5. The molecule has 1 amide bonds. The lowest BCUT2D eigenvalue weighted by atomic mass is 9.90. The number of nitrogens with zero attached hydrogens (tertiary/aromatic N) is 2. The molecule has 0 bridgehead atoms. The number of benzene rings is 2. The quantitative estimate of drug-likeness (QED) is 0.282. The smallest absolute Gasteiger partial charge is 0.347 e. The van der Waals surface area contributed by atoms with Crippen LogP contribution in [0, 0.1) is 12.8 Å². The summed E-state index contributed by atoms with van der Waals surface area (Å²) < 4.78 is 41.8. The van der Waals surface area contributed by atoms with Crippen LogP contribution in [-0.2, 0) is 19.6 Å². The number of hydrogen-bond acceptors (Lipinski definition) is 1. The number of hydrogen-bond donors (Lipinski definition) is 0. The molecule has 2 aromatic carbocycles. The van der Waals surface area contributed by atoms with E-state index in [0.717, 1.165) is 48.9 Å². The Morgan fingerprint density at radius 2 is 1.81 bits per heavy atom. The summed E-state index contributed by atoms with van der Waals surface area (Å²) in [6.07, 6.45) is -0.134. The second-order valence-corrected chi connectivity index (χ2v) is 11.0. The lowest BCUT2D eigenvalue weighted by molar-refractivity contribution is -0.137. The predicted molar refractivity (Wildman–Crippen MR) is 145 cm³/mol. The van der Waals surface area contributed by atoms with Gasteiger partial charge in [-0.3, -0.25) is 4.79 Å². The number of carbonyl (C=O) groups excluding carboxylic acids is 1. The Morgan fingerprint density at radius 1 is 1.14 bits per heavy atom. The van der Waals surface area contributed by atoms with Crippen LogP contribution in [0.2, 0.25) is 10.0 Å². The van der Waals surface area contributed by atoms with E-state index in [-0.39, 0.29) is 12.3 Å². The van der Waals surface area contributed by atoms with Gasteiger partial charge in [0.1, 0.15) is 0 Å². The van der Waals surface area contributed by atoms with Crippen LogP contribution in [0.5, 0.6) is 0 Å². The fourth-order valence-electron chi connectivity index (χ4n) is 5.15. The van der Waals surface area contributed by atoms with Gasteiger partial charge in [0.05, 0.1) is 16.1 Å². The van der Waals surface area contributed by atoms with Crippen molar-refractivity contribution in [2.24, 2.45) is 13.0 Å². The fourth-order valence-corrected chi connectivity index (χ4v) is 5.73. The molecule has 0 atom stereocenters. The minimum absolute atomic E-state index is 0.121. The van der Waals surface area contributed by atoms with Crippen molar-refractivity contribution < 1.29 is 18.0 Å². The Balaban J connectivity index is 1.58. The molecule has 1 aromatic heterocycles. The number of aromatic nitrogens is 1. The van der Waals surface area contributed by atoms with Crippen molar-refractivity contribution in [3.8, 4) is 0 Å². The summed E-state index contributed by atoms with van der Waals surface area (Å²) in [5.74, 6) is 0.466. The van der Waals surface area contributed by atoms with E-state index in [4.69, 9.17) is 23.2 Å². The molecule has 8 heteroatoms. The molecule has 3 nitrogen and oxygen atoms in total. The molecule has 0 N–H and O–H groups in total. The highest BCUT2D eigenvalue weighted by atomic mass is 35.5. The second kappa shape index (κ2) is 10.7. The standard InChI is InChI=1S/C29H31Cl2F3N2O/c1-17(2)5-6-19-9-11-36(12-10-19)28(37)22-7-8-25(30)24(27(22)31)16-21-15-23-18(3)13-20(29(32,33)34)14-26(23)35(21)4/h7-8,13-15,19H,1,5-6,9-12,16H2,2-4H3. The van der Waals surface area contributed by atoms with Gasteiger partial charge < -0.3 is 9.47 Å². The Labute approximate surface area is 225 Å². The third kappa shape index (κ3) is 5.85. The average Bonchev–Trinajstić information content (AvgIpc) is 3.15. The molecule has 0 saturated carbocycles. The van der Waals surface area contributed by atoms with E-state index in [1.807, 2.05) is 17.9 Å². The van der Waals surface area contributed by atoms with Gasteiger partial charge in [-0.15, -0.1) is 6.58 Å². The summed E-state index contributed by atoms with van der Waals surface area (Å²) in [5, 5.41) is 1.44. The molecule has 4 rings (SSSR count). The van der Waals surface area contributed by atoms with Gasteiger partial charge in [-0.05, 0) is 86.9 Å². The molecule has 0 aliphatic carbocycles. The maximum absolute atomic E-state index is 13.4. The molecule has 2 heterocycles. The van der Waals surface area contributed by atoms with Gasteiger partial charge in [-0.1, -0.05) is 28.8 Å². The predicted octanol–water partition coefficient (Wildman–Crippen LogP) is 8.61. The molecule has 1 aliphatic heterocycles. The summed E-state index contributed by atoms with van der Waals surface area (Å²) in [6.45, 7) is 9.04. The van der Waals surface area contributed by atoms with Gasteiger partial charge in [0.2, 0.25) is 0 Å². The second-order valence-electron chi connectivity index (χ2n) is 10.2. The third-order valence-electron chi connectivity index (χ3n) is 7.45. The Hall–Kier alpha value is -2.44. The van der Waals surface area contributed by atoms with Crippen molar-refractivity contribution in [2.75, 3.05) is 13.1 Å². The maximum atomic E-state index is 13.4. The normalized spacial score (nSPS) is 15.0. The number of likely N-dealkylation sites (tertiary alicyclic amines) is 1. The highest BCUT2D eigenvalue weighted by molar-refractivity contribution is 6.38. The van der Waals surface area contributed by atoms with E-state index < -0.39 is 11.7 Å². The SMILES string of the molecule is C=C(C)CCC1CCN(C(=O)c2ccc(Cl)c(Cc3cc4c(C)cc(C(F)(F)F)cc4n3C)c2Cl)CC1. The zero-order valence-electron chi connectivity index (χ0n) is 21.3. The van der Waals surface area contributed by atoms with Crippen molar-refractivity contribution in [2.45, 2.75) is 52.1 Å². The Morgan fingerprint density at radius 3 is 2.43 bits per heavy atom. The van der Waals surface area contributed by atoms with Crippen molar-refractivity contribution in [3.05, 3.63) is 80.5 Å². The molecule has 0 unspecified atom stereocenters. The minimum atomic E-state index is -4.43. The average molecular weight is 551 g/mol. The van der Waals surface area contributed by atoms with Crippen LogP contribution in [0.1, 0.15) is 65.3 Å². The number of allylic oxidation sites excluding steroid dienone is 1. The van der Waals surface area contributed by atoms with Crippen LogP contribution in [-0.4, -0.2) is 28.5 Å². The molecule has 0 spiro atoms. The highest BCUT2D eigenvalue weighted by Gasteiger charge is 2.32. The first-order chi connectivity index (χ1) is 17.4. The van der Waals surface area contributed by atoms with Crippen LogP contribution >= 0.6 is 23.2 Å². The summed E-state index contributed by atoms with van der Waals surface area (Å²) in [5.41, 5.74) is 3.26. The molecule has 1 aliphatic rings. The van der Waals surface area contributed by atoms with E-state index >= 15 is 0 Å². The van der Waals surface area contributed by atoms with E-state index in [9.17, 15) is 18.0 Å². The summed E-state index contributed by atoms with van der Waals surface area (Å²) in [4.78, 5) is 15.2. The van der Waals surface area contributed by atoms with Crippen LogP contribution in [0.4, 0.5) is 13.2 Å². The number of carbonyl (C=O) groups is 1. The third-order valence-corrected chi connectivity index (χ3v) is 8.24. The summed E-state index contributed by atoms with van der Waals surface area (Å²) >= 11 is 13.3. The largest absolute Gasteiger partial charge is 0.416 e. The van der Waals surface area contributed by atoms with Gasteiger partial charge in [0.15, 0.2) is 0 Å². The highest BCUT2D eigenvalue weighted by Crippen LogP contribution is 2.36. The lowest BCUT2D eigenvalue weighted by Gasteiger charge is -2.32. The fraction of sp³-hybridized carbons (Fsp3) is 0.414. The van der Waals surface area contributed by atoms with Crippen LogP contribution in [0.3, 0.4) is 0 Å². The number of piperidine rings is 1. The molecular formula is C29H31Cl2F3N2O. The van der Waals surface area contributed by atoms with E-state index in [1.54, 1.807) is 30.7 Å². The first kappa shape index (κ1) is 27.6. The lowest BCUT2D eigenvalue weighted by Crippen LogP contribution is -2.38. The van der Waals surface area contributed by atoms with Gasteiger partial charge in [-0.2, -0.15) is 13.2 Å². The first-order valence-corrected chi connectivity index (χ1v) is 13.2. The number of amides is 1. The monoisotopic (exact) mass is 550 g/mol. The van der Waals surface area contributed by atoms with E-state index in [0.29, 0.717) is 51.3 Å². The molecule has 198 valence electrons. The zero-order chi connectivity index (χ0) is 27.1. The number of aryl methyl sites for hydroxylation is 2. The van der Waals surface area contributed by atoms with E-state index in [2.05, 4.69) is 6.58 Å². The molecule has 0 radical (unpaired) electrons. The van der Waals surface area contributed by atoms with Gasteiger partial charge in [0.25, 0.3) is 5.91 Å². The van der Waals surface area contributed by atoms with Gasteiger partial charge in [-0.25, -0.2) is 0 Å². The van der Waals surface area contributed by atoms with Crippen molar-refractivity contribution >= 4 is 40.0 Å². The van der Waals surface area contributed by atoms with E-state index in [1.165, 1.54) is 5.57 Å². The molecule has 1 saturated heterocycles. The maximum Gasteiger partial charge on any atom is 0.416 e. The molecule has 37 heavy (non-hydrogen) atoms. The van der Waals surface area contributed by atoms with Crippen LogP contribution in [0.25, 0.3) is 10.9 Å². The van der Waals surface area contributed by atoms with Crippen molar-refractivity contribution in [3.63, 3.8) is 0 Å². The summed E-state index contributed by atoms with van der Waals surface area (Å²) in [6, 6.07) is 7.51. The summed E-state index contributed by atoms with van der Waals surface area (Å²) in [7, 11) is 1.73. The molecule has 1 fully saturated rings. The zero-order valence-corrected chi connectivity index (χ0v) is 22.8. The van der Waals surface area contributed by atoms with Crippen molar-refractivity contribution in [1.29, 1.82) is 0 Å². The van der Waals surface area contributed by atoms with Gasteiger partial charge in [0, 0.05) is 48.2 Å². The minimum Gasteiger partial charge on any atom is -0.347 e. The Bertz CT molecular complexity index is 1350. The number of alkyl halides is 3. The number of fused-ring (bicyclic) bond motifs is 1. The van der Waals surface area contributed by atoms with Crippen LogP contribution < -0.4 is 0 Å². The van der Waals surface area contributed by atoms with Crippen LogP contribution in [0.15, 0.2) is 42.5 Å². The molecular weight excluding hydrogens is 520 g/mol. The van der Waals surface area contributed by atoms with Crippen molar-refractivity contribution in [1.82, 2.24) is 9.47 Å². The van der Waals surface area contributed by atoms with Gasteiger partial charge >= 0.3 is 6.18 Å². The topological polar surface area (TPSA) is 25.2 Å². The molecule has 3 aromatic rings.